The van der Waals surface area contributed by atoms with Crippen molar-refractivity contribution >= 4 is 55.2 Å². The molecule has 0 saturated heterocycles. The van der Waals surface area contributed by atoms with Crippen LogP contribution in [0.15, 0.2) is 33.6 Å². The van der Waals surface area contributed by atoms with E-state index in [-0.39, 0.29) is 11.8 Å². The fourth-order valence-electron chi connectivity index (χ4n) is 1.97. The van der Waals surface area contributed by atoms with E-state index < -0.39 is 0 Å². The number of carbonyl (C=O) groups excluding carboxylic acids is 2. The number of aromatic nitrogens is 2. The van der Waals surface area contributed by atoms with Crippen molar-refractivity contribution in [1.29, 1.82) is 0 Å². The molecule has 8 heteroatoms. The predicted molar refractivity (Wildman–Crippen MR) is 84.2 cm³/mol. The summed E-state index contributed by atoms with van der Waals surface area (Å²) in [5.74, 6) is -0.0620. The van der Waals surface area contributed by atoms with E-state index in [1.165, 1.54) is 6.20 Å². The van der Waals surface area contributed by atoms with Gasteiger partial charge in [-0.05, 0) is 49.6 Å². The number of fused-ring (bicyclic) bond motifs is 1. The van der Waals surface area contributed by atoms with Crippen molar-refractivity contribution in [1.82, 2.24) is 9.97 Å². The maximum Gasteiger partial charge on any atom is 0.256 e. The molecule has 0 fully saturated rings. The van der Waals surface area contributed by atoms with Crippen LogP contribution < -0.4 is 10.6 Å². The first-order valence-corrected chi connectivity index (χ1v) is 7.54. The van der Waals surface area contributed by atoms with E-state index in [4.69, 9.17) is 0 Å². The third-order valence-corrected chi connectivity index (χ3v) is 3.86. The van der Waals surface area contributed by atoms with E-state index in [0.29, 0.717) is 32.7 Å². The van der Waals surface area contributed by atoms with E-state index >= 15 is 0 Å². The SMILES string of the molecule is O=C1Cc2ccc(C(=O)Nc3ncc(Br)nc3Br)cc2N1. The minimum atomic E-state index is -0.323. The van der Waals surface area contributed by atoms with Gasteiger partial charge in [0.1, 0.15) is 9.21 Å². The van der Waals surface area contributed by atoms with Crippen molar-refractivity contribution in [2.45, 2.75) is 6.42 Å². The fraction of sp³-hybridized carbons (Fsp3) is 0.0769. The van der Waals surface area contributed by atoms with E-state index in [1.54, 1.807) is 18.2 Å². The Morgan fingerprint density at radius 2 is 2.14 bits per heavy atom. The van der Waals surface area contributed by atoms with Gasteiger partial charge in [-0.15, -0.1) is 0 Å². The molecule has 2 amide bonds. The van der Waals surface area contributed by atoms with Crippen LogP contribution in [0, 0.1) is 0 Å². The standard InChI is InChI=1S/C13H8Br2N4O2/c14-9-5-16-12(11(15)18-9)19-13(21)7-2-1-6-4-10(20)17-8(6)3-7/h1-3,5H,4H2,(H,17,20)(H,16,19,21). The summed E-state index contributed by atoms with van der Waals surface area (Å²) in [6.45, 7) is 0. The Bertz CT molecular complexity index is 764. The largest absolute Gasteiger partial charge is 0.326 e. The highest BCUT2D eigenvalue weighted by atomic mass is 79.9. The third-order valence-electron chi connectivity index (χ3n) is 2.93. The van der Waals surface area contributed by atoms with Crippen LogP contribution in [0.4, 0.5) is 11.5 Å². The van der Waals surface area contributed by atoms with Gasteiger partial charge >= 0.3 is 0 Å². The number of benzene rings is 1. The van der Waals surface area contributed by atoms with Crippen LogP contribution in [0.3, 0.4) is 0 Å². The summed E-state index contributed by atoms with van der Waals surface area (Å²) in [5, 5.41) is 5.38. The molecule has 0 atom stereocenters. The average Bonchev–Trinajstić information content (AvgIpc) is 2.80. The second-order valence-corrected chi connectivity index (χ2v) is 5.95. The first-order valence-electron chi connectivity index (χ1n) is 5.95. The quantitative estimate of drug-likeness (QED) is 0.795. The molecule has 2 heterocycles. The Morgan fingerprint density at radius 1 is 1.33 bits per heavy atom. The molecule has 0 bridgehead atoms. The number of halogens is 2. The Labute approximate surface area is 136 Å². The van der Waals surface area contributed by atoms with E-state index in [9.17, 15) is 9.59 Å². The summed E-state index contributed by atoms with van der Waals surface area (Å²) in [6.07, 6.45) is 1.84. The lowest BCUT2D eigenvalue weighted by Crippen LogP contribution is -2.14. The maximum absolute atomic E-state index is 12.2. The number of carbonyl (C=O) groups is 2. The van der Waals surface area contributed by atoms with Crippen LogP contribution >= 0.6 is 31.9 Å². The number of hydrogen-bond acceptors (Lipinski definition) is 4. The van der Waals surface area contributed by atoms with Crippen molar-refractivity contribution < 1.29 is 9.59 Å². The molecule has 3 rings (SSSR count). The lowest BCUT2D eigenvalue weighted by Gasteiger charge is -2.07. The van der Waals surface area contributed by atoms with Gasteiger partial charge < -0.3 is 10.6 Å². The van der Waals surface area contributed by atoms with Crippen LogP contribution in [-0.2, 0) is 11.2 Å². The van der Waals surface area contributed by atoms with Gasteiger partial charge in [0, 0.05) is 11.3 Å². The summed E-state index contributed by atoms with van der Waals surface area (Å²) in [5.41, 5.74) is 2.00. The van der Waals surface area contributed by atoms with Gasteiger partial charge in [-0.25, -0.2) is 9.97 Å². The summed E-state index contributed by atoms with van der Waals surface area (Å²) >= 11 is 6.42. The van der Waals surface area contributed by atoms with E-state index in [2.05, 4.69) is 52.5 Å². The van der Waals surface area contributed by atoms with Crippen molar-refractivity contribution in [3.63, 3.8) is 0 Å². The molecular weight excluding hydrogens is 404 g/mol. The topological polar surface area (TPSA) is 84.0 Å². The minimum absolute atomic E-state index is 0.0657. The smallest absolute Gasteiger partial charge is 0.256 e. The van der Waals surface area contributed by atoms with Gasteiger partial charge in [0.25, 0.3) is 5.91 Å². The zero-order valence-corrected chi connectivity index (χ0v) is 13.7. The summed E-state index contributed by atoms with van der Waals surface area (Å²) < 4.78 is 0.993. The van der Waals surface area contributed by atoms with Crippen molar-refractivity contribution in [3.05, 3.63) is 44.7 Å². The Balaban J connectivity index is 1.83. The molecule has 0 unspecified atom stereocenters. The first kappa shape index (κ1) is 14.2. The second-order valence-electron chi connectivity index (χ2n) is 4.38. The molecule has 0 aliphatic carbocycles. The molecule has 21 heavy (non-hydrogen) atoms. The van der Waals surface area contributed by atoms with Crippen molar-refractivity contribution in [2.75, 3.05) is 10.6 Å². The molecule has 1 aromatic carbocycles. The highest BCUT2D eigenvalue weighted by molar-refractivity contribution is 9.11. The number of nitrogens with zero attached hydrogens (tertiary/aromatic N) is 2. The van der Waals surface area contributed by atoms with Gasteiger partial charge in [0.05, 0.1) is 12.6 Å². The Hall–Kier alpha value is -1.80. The number of hydrogen-bond donors (Lipinski definition) is 2. The van der Waals surface area contributed by atoms with Crippen LogP contribution in [0.2, 0.25) is 0 Å². The molecule has 0 radical (unpaired) electrons. The summed E-state index contributed by atoms with van der Waals surface area (Å²) in [6, 6.07) is 5.09. The zero-order valence-electron chi connectivity index (χ0n) is 10.5. The van der Waals surface area contributed by atoms with Gasteiger partial charge in [-0.2, -0.15) is 0 Å². The number of amides is 2. The first-order chi connectivity index (χ1) is 10.0. The molecule has 1 aliphatic heterocycles. The van der Waals surface area contributed by atoms with Crippen molar-refractivity contribution in [3.8, 4) is 0 Å². The molecule has 106 valence electrons. The summed E-state index contributed by atoms with van der Waals surface area (Å²) in [7, 11) is 0. The number of rotatable bonds is 2. The molecule has 2 aromatic rings. The predicted octanol–water partition coefficient (Wildman–Crippen LogP) is 2.75. The molecule has 6 nitrogen and oxygen atoms in total. The second kappa shape index (κ2) is 5.53. The van der Waals surface area contributed by atoms with Gasteiger partial charge in [-0.3, -0.25) is 9.59 Å². The fourth-order valence-corrected chi connectivity index (χ4v) is 2.88. The van der Waals surface area contributed by atoms with E-state index in [1.807, 2.05) is 0 Å². The highest BCUT2D eigenvalue weighted by Gasteiger charge is 2.19. The Morgan fingerprint density at radius 3 is 2.90 bits per heavy atom. The lowest BCUT2D eigenvalue weighted by molar-refractivity contribution is -0.115. The van der Waals surface area contributed by atoms with Crippen LogP contribution in [-0.4, -0.2) is 21.8 Å². The molecule has 0 spiro atoms. The normalized spacial score (nSPS) is 12.8. The van der Waals surface area contributed by atoms with Gasteiger partial charge in [0.15, 0.2) is 5.82 Å². The monoisotopic (exact) mass is 410 g/mol. The maximum atomic E-state index is 12.2. The molecule has 0 saturated carbocycles. The number of anilines is 2. The van der Waals surface area contributed by atoms with E-state index in [0.717, 1.165) is 5.56 Å². The third kappa shape index (κ3) is 2.96. The minimum Gasteiger partial charge on any atom is -0.326 e. The molecule has 2 N–H and O–H groups in total. The van der Waals surface area contributed by atoms with Gasteiger partial charge in [0.2, 0.25) is 5.91 Å². The lowest BCUT2D eigenvalue weighted by atomic mass is 10.1. The highest BCUT2D eigenvalue weighted by Crippen LogP contribution is 2.25. The van der Waals surface area contributed by atoms with Crippen molar-refractivity contribution in [2.24, 2.45) is 0 Å². The molecule has 1 aliphatic rings. The van der Waals surface area contributed by atoms with Crippen LogP contribution in [0.5, 0.6) is 0 Å². The number of nitrogens with one attached hydrogen (secondary N) is 2. The van der Waals surface area contributed by atoms with Crippen LogP contribution in [0.25, 0.3) is 0 Å². The molecular formula is C13H8Br2N4O2. The van der Waals surface area contributed by atoms with Crippen LogP contribution in [0.1, 0.15) is 15.9 Å². The Kier molecular flexibility index (Phi) is 3.73. The summed E-state index contributed by atoms with van der Waals surface area (Å²) in [4.78, 5) is 31.7. The van der Waals surface area contributed by atoms with Gasteiger partial charge in [-0.1, -0.05) is 6.07 Å². The zero-order chi connectivity index (χ0) is 15.0. The molecule has 1 aromatic heterocycles. The average molecular weight is 412 g/mol.